The number of esters is 1. The van der Waals surface area contributed by atoms with Crippen LogP contribution in [-0.2, 0) is 27.2 Å². The van der Waals surface area contributed by atoms with Crippen molar-refractivity contribution in [1.29, 1.82) is 0 Å². The molecule has 8 nitrogen and oxygen atoms in total. The van der Waals surface area contributed by atoms with Gasteiger partial charge in [0.15, 0.2) is 0 Å². The number of rotatable bonds is 6. The summed E-state index contributed by atoms with van der Waals surface area (Å²) in [6, 6.07) is 0. The average Bonchev–Trinajstić information content (AvgIpc) is 3.31. The lowest BCUT2D eigenvalue weighted by Gasteiger charge is -2.12. The van der Waals surface area contributed by atoms with Gasteiger partial charge in [-0.2, -0.15) is 0 Å². The summed E-state index contributed by atoms with van der Waals surface area (Å²) in [6.07, 6.45) is 2.61. The Bertz CT molecular complexity index is 977. The quantitative estimate of drug-likeness (QED) is 0.461. The van der Waals surface area contributed by atoms with Gasteiger partial charge in [-0.15, -0.1) is 11.3 Å². The highest BCUT2D eigenvalue weighted by atomic mass is 32.2. The first-order chi connectivity index (χ1) is 13.7. The van der Waals surface area contributed by atoms with Crippen LogP contribution in [0.25, 0.3) is 0 Å². The maximum Gasteiger partial charge on any atom is 0.341 e. The summed E-state index contributed by atoms with van der Waals surface area (Å²) in [5.74, 6) is -1.67. The van der Waals surface area contributed by atoms with E-state index in [2.05, 4.69) is 16.9 Å². The zero-order valence-corrected chi connectivity index (χ0v) is 17.8. The van der Waals surface area contributed by atoms with Crippen LogP contribution in [0.4, 0.5) is 5.00 Å². The SMILES string of the molecule is C=C(C)CN=C1S[C@@H](C(=O)Nc2sc3c(c2C(=O)OC)CCC3)C(N)=C1C(N)=O. The number of fused-ring (bicyclic) bond motifs is 1. The Morgan fingerprint density at radius 2 is 2.07 bits per heavy atom. The van der Waals surface area contributed by atoms with E-state index in [0.717, 1.165) is 47.0 Å². The van der Waals surface area contributed by atoms with E-state index in [1.165, 1.54) is 18.4 Å². The van der Waals surface area contributed by atoms with Crippen LogP contribution in [0.5, 0.6) is 0 Å². The van der Waals surface area contributed by atoms with Gasteiger partial charge < -0.3 is 21.5 Å². The Morgan fingerprint density at radius 1 is 1.34 bits per heavy atom. The highest BCUT2D eigenvalue weighted by molar-refractivity contribution is 8.16. The van der Waals surface area contributed by atoms with E-state index < -0.39 is 23.0 Å². The Hall–Kier alpha value is -2.59. The lowest BCUT2D eigenvalue weighted by atomic mass is 10.1. The van der Waals surface area contributed by atoms with E-state index in [-0.39, 0.29) is 11.3 Å². The molecule has 0 saturated carbocycles. The summed E-state index contributed by atoms with van der Waals surface area (Å²) in [5.41, 5.74) is 13.8. The third-order valence-corrected chi connectivity index (χ3v) is 7.01. The van der Waals surface area contributed by atoms with Crippen molar-refractivity contribution in [3.63, 3.8) is 0 Å². The van der Waals surface area contributed by atoms with E-state index >= 15 is 0 Å². The smallest absolute Gasteiger partial charge is 0.341 e. The molecule has 29 heavy (non-hydrogen) atoms. The van der Waals surface area contributed by atoms with E-state index in [4.69, 9.17) is 16.2 Å². The Morgan fingerprint density at radius 3 is 2.69 bits per heavy atom. The molecular weight excluding hydrogens is 412 g/mol. The van der Waals surface area contributed by atoms with Gasteiger partial charge in [-0.1, -0.05) is 23.9 Å². The highest BCUT2D eigenvalue weighted by Gasteiger charge is 2.38. The van der Waals surface area contributed by atoms with Crippen molar-refractivity contribution in [2.75, 3.05) is 19.0 Å². The second-order valence-electron chi connectivity index (χ2n) is 6.81. The van der Waals surface area contributed by atoms with Gasteiger partial charge in [0, 0.05) is 10.6 Å². The predicted molar refractivity (Wildman–Crippen MR) is 115 cm³/mol. The molecule has 0 radical (unpaired) electrons. The van der Waals surface area contributed by atoms with Crippen molar-refractivity contribution < 1.29 is 19.1 Å². The molecule has 0 saturated heterocycles. The second kappa shape index (κ2) is 8.42. The van der Waals surface area contributed by atoms with Crippen molar-refractivity contribution in [3.05, 3.63) is 39.4 Å². The number of anilines is 1. The largest absolute Gasteiger partial charge is 0.465 e. The fourth-order valence-electron chi connectivity index (χ4n) is 3.24. The Labute approximate surface area is 176 Å². The number of amides is 2. The number of thiophene rings is 1. The maximum atomic E-state index is 13.0. The lowest BCUT2D eigenvalue weighted by Crippen LogP contribution is -2.30. The minimum Gasteiger partial charge on any atom is -0.465 e. The molecule has 0 fully saturated rings. The van der Waals surface area contributed by atoms with Crippen molar-refractivity contribution in [1.82, 2.24) is 0 Å². The van der Waals surface area contributed by atoms with Crippen molar-refractivity contribution in [3.8, 4) is 0 Å². The van der Waals surface area contributed by atoms with Crippen molar-refractivity contribution >= 4 is 50.9 Å². The summed E-state index contributed by atoms with van der Waals surface area (Å²) in [7, 11) is 1.31. The number of aryl methyl sites for hydroxylation is 1. The molecule has 154 valence electrons. The molecule has 2 aliphatic rings. The molecule has 0 bridgehead atoms. The van der Waals surface area contributed by atoms with Crippen LogP contribution in [0, 0.1) is 0 Å². The number of hydrogen-bond acceptors (Lipinski definition) is 8. The monoisotopic (exact) mass is 434 g/mol. The summed E-state index contributed by atoms with van der Waals surface area (Å²) in [4.78, 5) is 42.4. The number of nitrogens with two attached hydrogens (primary N) is 2. The number of nitrogens with one attached hydrogen (secondary N) is 1. The van der Waals surface area contributed by atoms with Crippen LogP contribution in [0.15, 0.2) is 28.4 Å². The van der Waals surface area contributed by atoms with Gasteiger partial charge in [-0.25, -0.2) is 4.79 Å². The topological polar surface area (TPSA) is 137 Å². The normalized spacial score (nSPS) is 19.4. The molecule has 5 N–H and O–H groups in total. The summed E-state index contributed by atoms with van der Waals surface area (Å²) >= 11 is 2.43. The van der Waals surface area contributed by atoms with Crippen LogP contribution >= 0.6 is 23.1 Å². The van der Waals surface area contributed by atoms with E-state index in [1.807, 2.05) is 0 Å². The minimum atomic E-state index is -0.871. The van der Waals surface area contributed by atoms with E-state index in [0.29, 0.717) is 22.2 Å². The van der Waals surface area contributed by atoms with Gasteiger partial charge in [0.2, 0.25) is 5.91 Å². The zero-order valence-electron chi connectivity index (χ0n) is 16.2. The van der Waals surface area contributed by atoms with Crippen molar-refractivity contribution in [2.24, 2.45) is 16.5 Å². The number of methoxy groups -OCH3 is 1. The number of ether oxygens (including phenoxy) is 1. The molecule has 3 rings (SSSR count). The number of nitrogens with zero attached hydrogens (tertiary/aromatic N) is 1. The molecule has 2 amide bonds. The molecule has 1 aromatic rings. The number of aliphatic imine (C=N–C) groups is 1. The molecule has 10 heteroatoms. The fraction of sp³-hybridized carbons (Fsp3) is 0.368. The molecule has 1 atom stereocenters. The third kappa shape index (κ3) is 4.08. The van der Waals surface area contributed by atoms with Gasteiger partial charge >= 0.3 is 5.97 Å². The standard InChI is InChI=1S/C19H22N4O4S2/c1-8(2)7-22-17-12(15(21)24)13(20)14(29-17)16(25)23-18-11(19(26)27-3)9-5-4-6-10(9)28-18/h14H,1,4-7,20H2,2-3H3,(H2,21,24)(H,23,25)/t14-/m1/s1. The van der Waals surface area contributed by atoms with Crippen molar-refractivity contribution in [2.45, 2.75) is 31.4 Å². The van der Waals surface area contributed by atoms with Gasteiger partial charge in [0.1, 0.15) is 15.3 Å². The Kier molecular flexibility index (Phi) is 6.13. The first kappa shape index (κ1) is 21.1. The molecule has 1 aliphatic heterocycles. The summed E-state index contributed by atoms with van der Waals surface area (Å²) in [6.45, 7) is 5.87. The summed E-state index contributed by atoms with van der Waals surface area (Å²) < 4.78 is 4.90. The fourth-order valence-corrected chi connectivity index (χ4v) is 5.63. The predicted octanol–water partition coefficient (Wildman–Crippen LogP) is 1.75. The van der Waals surface area contributed by atoms with Crippen LogP contribution in [0.2, 0.25) is 0 Å². The third-order valence-electron chi connectivity index (χ3n) is 4.54. The maximum absolute atomic E-state index is 13.0. The lowest BCUT2D eigenvalue weighted by molar-refractivity contribution is -0.115. The number of thioether (sulfide) groups is 1. The first-order valence-electron chi connectivity index (χ1n) is 8.93. The molecule has 2 heterocycles. The average molecular weight is 435 g/mol. The van der Waals surface area contributed by atoms with Gasteiger partial charge in [0.05, 0.1) is 24.8 Å². The Balaban J connectivity index is 1.89. The number of carbonyl (C=O) groups excluding carboxylic acids is 3. The van der Waals surface area contributed by atoms with E-state index in [1.54, 1.807) is 6.92 Å². The molecule has 1 aromatic heterocycles. The van der Waals surface area contributed by atoms with Gasteiger partial charge in [-0.05, 0) is 31.7 Å². The number of carbonyl (C=O) groups is 3. The molecule has 0 unspecified atom stereocenters. The molecule has 0 aromatic carbocycles. The van der Waals surface area contributed by atoms with Crippen LogP contribution in [0.3, 0.4) is 0 Å². The number of primary amides is 1. The molecular formula is C19H22N4O4S2. The van der Waals surface area contributed by atoms with Crippen LogP contribution in [0.1, 0.15) is 34.1 Å². The number of hydrogen-bond donors (Lipinski definition) is 3. The summed E-state index contributed by atoms with van der Waals surface area (Å²) in [5, 5.41) is 2.68. The molecule has 1 aliphatic carbocycles. The first-order valence-corrected chi connectivity index (χ1v) is 10.6. The molecule has 0 spiro atoms. The second-order valence-corrected chi connectivity index (χ2v) is 9.01. The van der Waals surface area contributed by atoms with Gasteiger partial charge in [0.25, 0.3) is 5.91 Å². The highest BCUT2D eigenvalue weighted by Crippen LogP contribution is 2.40. The van der Waals surface area contributed by atoms with Gasteiger partial charge in [-0.3, -0.25) is 14.6 Å². The minimum absolute atomic E-state index is 0.0539. The zero-order chi connectivity index (χ0) is 21.3. The van der Waals surface area contributed by atoms with Crippen LogP contribution < -0.4 is 16.8 Å². The van der Waals surface area contributed by atoms with E-state index in [9.17, 15) is 14.4 Å². The van der Waals surface area contributed by atoms with Crippen LogP contribution in [-0.4, -0.2) is 41.7 Å².